The second kappa shape index (κ2) is 6.13. The summed E-state index contributed by atoms with van der Waals surface area (Å²) in [7, 11) is 0. The van der Waals surface area contributed by atoms with Crippen LogP contribution in [0.2, 0.25) is 0 Å². The van der Waals surface area contributed by atoms with Gasteiger partial charge in [-0.15, -0.1) is 0 Å². The van der Waals surface area contributed by atoms with Crippen molar-refractivity contribution in [1.29, 1.82) is 0 Å². The van der Waals surface area contributed by atoms with Crippen LogP contribution in [0.4, 0.5) is 0 Å². The second-order valence-corrected chi connectivity index (χ2v) is 7.15. The number of hydrogen-bond acceptors (Lipinski definition) is 3. The first-order valence-electron chi connectivity index (χ1n) is 8.00. The lowest BCUT2D eigenvalue weighted by Crippen LogP contribution is -2.09. The Morgan fingerprint density at radius 3 is 2.78 bits per heavy atom. The molecule has 2 heterocycles. The van der Waals surface area contributed by atoms with Crippen molar-refractivity contribution >= 4 is 35.0 Å². The van der Waals surface area contributed by atoms with Gasteiger partial charge in [0.25, 0.3) is 0 Å². The van der Waals surface area contributed by atoms with E-state index in [0.29, 0.717) is 4.64 Å². The molecule has 1 N–H and O–H groups in total. The molecule has 0 bridgehead atoms. The van der Waals surface area contributed by atoms with E-state index in [-0.39, 0.29) is 0 Å². The van der Waals surface area contributed by atoms with E-state index in [1.807, 2.05) is 0 Å². The highest BCUT2D eigenvalue weighted by atomic mass is 32.2. The van der Waals surface area contributed by atoms with E-state index in [2.05, 4.69) is 51.1 Å². The fourth-order valence-electron chi connectivity index (χ4n) is 3.49. The Bertz CT molecular complexity index is 909. The standard InChI is InChI=1S/C18H19N3S2/c1-23-18-20-17(22)15-16(13-9-5-6-10-14(13)19-15)21(18)11-12-7-3-2-4-8-12/h2-4,7-8,19H,5-6,9-11H2,1H3. The number of aromatic nitrogens is 3. The Morgan fingerprint density at radius 2 is 2.00 bits per heavy atom. The molecular formula is C18H19N3S2. The van der Waals surface area contributed by atoms with Crippen LogP contribution < -0.4 is 0 Å². The topological polar surface area (TPSA) is 33.6 Å². The van der Waals surface area contributed by atoms with Crippen LogP contribution in [0.3, 0.4) is 0 Å². The number of aromatic amines is 1. The largest absolute Gasteiger partial charge is 0.354 e. The monoisotopic (exact) mass is 341 g/mol. The number of thioether (sulfide) groups is 1. The molecule has 0 unspecified atom stereocenters. The van der Waals surface area contributed by atoms with Crippen molar-refractivity contribution in [3.8, 4) is 0 Å². The van der Waals surface area contributed by atoms with Crippen LogP contribution in [-0.4, -0.2) is 20.8 Å². The molecule has 23 heavy (non-hydrogen) atoms. The number of fused-ring (bicyclic) bond motifs is 3. The average molecular weight is 342 g/mol. The molecule has 3 aromatic rings. The van der Waals surface area contributed by atoms with Crippen LogP contribution in [-0.2, 0) is 19.4 Å². The van der Waals surface area contributed by atoms with Gasteiger partial charge in [0, 0.05) is 5.69 Å². The van der Waals surface area contributed by atoms with Gasteiger partial charge in [0.2, 0.25) is 0 Å². The van der Waals surface area contributed by atoms with Crippen LogP contribution in [0.5, 0.6) is 0 Å². The van der Waals surface area contributed by atoms with E-state index >= 15 is 0 Å². The van der Waals surface area contributed by atoms with Gasteiger partial charge in [0.15, 0.2) is 9.80 Å². The maximum atomic E-state index is 5.55. The maximum absolute atomic E-state index is 5.55. The molecule has 0 atom stereocenters. The minimum atomic E-state index is 0.697. The molecule has 0 fully saturated rings. The summed E-state index contributed by atoms with van der Waals surface area (Å²) in [5.41, 5.74) is 6.41. The number of H-pyrrole nitrogens is 1. The van der Waals surface area contributed by atoms with Gasteiger partial charge in [-0.05, 0) is 43.1 Å². The molecule has 3 nitrogen and oxygen atoms in total. The Labute approximate surface area is 145 Å². The third-order valence-corrected chi connectivity index (χ3v) is 5.52. The molecule has 1 aliphatic rings. The normalized spacial score (nSPS) is 14.1. The molecule has 0 spiro atoms. The van der Waals surface area contributed by atoms with Gasteiger partial charge in [0.05, 0.1) is 12.1 Å². The zero-order chi connectivity index (χ0) is 15.8. The summed E-state index contributed by atoms with van der Waals surface area (Å²) in [6.45, 7) is 0.834. The highest BCUT2D eigenvalue weighted by Gasteiger charge is 2.20. The quantitative estimate of drug-likeness (QED) is 0.424. The van der Waals surface area contributed by atoms with Gasteiger partial charge in [-0.3, -0.25) is 0 Å². The Morgan fingerprint density at radius 1 is 1.22 bits per heavy atom. The van der Waals surface area contributed by atoms with E-state index in [9.17, 15) is 0 Å². The number of benzene rings is 1. The molecule has 2 aromatic heterocycles. The number of aryl methyl sites for hydroxylation is 2. The van der Waals surface area contributed by atoms with Crippen LogP contribution in [0.15, 0.2) is 35.5 Å². The predicted octanol–water partition coefficient (Wildman–Crippen LogP) is 4.74. The predicted molar refractivity (Wildman–Crippen MR) is 98.9 cm³/mol. The maximum Gasteiger partial charge on any atom is 0.170 e. The summed E-state index contributed by atoms with van der Waals surface area (Å²) < 4.78 is 3.04. The SMILES string of the molecule is CSc1nc(=S)c2[nH]c3c(c2n1Cc1ccccc1)CCCC3. The van der Waals surface area contributed by atoms with Crippen LogP contribution in [0, 0.1) is 4.64 Å². The first-order valence-corrected chi connectivity index (χ1v) is 9.63. The van der Waals surface area contributed by atoms with Crippen molar-refractivity contribution in [2.45, 2.75) is 37.4 Å². The third kappa shape index (κ3) is 2.62. The van der Waals surface area contributed by atoms with Crippen molar-refractivity contribution in [3.05, 3.63) is 51.8 Å². The fraction of sp³-hybridized carbons (Fsp3) is 0.333. The lowest BCUT2D eigenvalue weighted by atomic mass is 9.97. The molecule has 0 saturated carbocycles. The Hall–Kier alpha value is -1.59. The molecule has 1 aliphatic carbocycles. The van der Waals surface area contributed by atoms with Crippen LogP contribution >= 0.6 is 24.0 Å². The van der Waals surface area contributed by atoms with Gasteiger partial charge >= 0.3 is 0 Å². The van der Waals surface area contributed by atoms with Crippen molar-refractivity contribution in [2.24, 2.45) is 0 Å². The van der Waals surface area contributed by atoms with E-state index < -0.39 is 0 Å². The highest BCUT2D eigenvalue weighted by molar-refractivity contribution is 7.98. The minimum Gasteiger partial charge on any atom is -0.354 e. The summed E-state index contributed by atoms with van der Waals surface area (Å²) in [5.74, 6) is 0. The van der Waals surface area contributed by atoms with E-state index in [1.165, 1.54) is 35.2 Å². The Balaban J connectivity index is 1.98. The van der Waals surface area contributed by atoms with Crippen LogP contribution in [0.25, 0.3) is 11.0 Å². The smallest absolute Gasteiger partial charge is 0.170 e. The molecule has 118 valence electrons. The molecule has 5 heteroatoms. The van der Waals surface area contributed by atoms with E-state index in [0.717, 1.165) is 30.1 Å². The van der Waals surface area contributed by atoms with Gasteiger partial charge in [0.1, 0.15) is 5.52 Å². The first kappa shape index (κ1) is 15.0. The fourth-order valence-corrected chi connectivity index (χ4v) is 4.34. The number of nitrogens with one attached hydrogen (secondary N) is 1. The summed E-state index contributed by atoms with van der Waals surface area (Å²) in [6, 6.07) is 10.6. The van der Waals surface area contributed by atoms with Crippen molar-refractivity contribution in [2.75, 3.05) is 6.26 Å². The molecule has 0 radical (unpaired) electrons. The summed E-state index contributed by atoms with van der Waals surface area (Å²) in [5, 5.41) is 0.999. The van der Waals surface area contributed by atoms with E-state index in [1.54, 1.807) is 11.8 Å². The third-order valence-electron chi connectivity index (χ3n) is 4.54. The summed E-state index contributed by atoms with van der Waals surface area (Å²) >= 11 is 7.22. The number of rotatable bonds is 3. The van der Waals surface area contributed by atoms with Gasteiger partial charge in [-0.25, -0.2) is 4.98 Å². The summed E-state index contributed by atoms with van der Waals surface area (Å²) in [6.07, 6.45) is 6.85. The van der Waals surface area contributed by atoms with Crippen LogP contribution in [0.1, 0.15) is 29.7 Å². The molecule has 4 rings (SSSR count). The molecule has 0 aliphatic heterocycles. The van der Waals surface area contributed by atoms with E-state index in [4.69, 9.17) is 12.2 Å². The first-order chi connectivity index (χ1) is 11.3. The van der Waals surface area contributed by atoms with Gasteiger partial charge in [-0.1, -0.05) is 54.3 Å². The molecule has 0 amide bonds. The average Bonchev–Trinajstić information content (AvgIpc) is 2.98. The van der Waals surface area contributed by atoms with Gasteiger partial charge < -0.3 is 9.55 Å². The molecular weight excluding hydrogens is 322 g/mol. The lowest BCUT2D eigenvalue weighted by Gasteiger charge is -2.16. The van der Waals surface area contributed by atoms with Crippen molar-refractivity contribution < 1.29 is 0 Å². The second-order valence-electron chi connectivity index (χ2n) is 5.99. The van der Waals surface area contributed by atoms with Gasteiger partial charge in [-0.2, -0.15) is 0 Å². The minimum absolute atomic E-state index is 0.697. The highest BCUT2D eigenvalue weighted by Crippen LogP contribution is 2.32. The Kier molecular flexibility index (Phi) is 3.99. The van der Waals surface area contributed by atoms with Crippen molar-refractivity contribution in [1.82, 2.24) is 14.5 Å². The number of nitrogens with zero attached hydrogens (tertiary/aromatic N) is 2. The number of hydrogen-bond donors (Lipinski definition) is 1. The van der Waals surface area contributed by atoms with Crippen molar-refractivity contribution in [3.63, 3.8) is 0 Å². The zero-order valence-corrected chi connectivity index (χ0v) is 14.8. The lowest BCUT2D eigenvalue weighted by molar-refractivity contribution is 0.666. The molecule has 0 saturated heterocycles. The zero-order valence-electron chi connectivity index (χ0n) is 13.1. The molecule has 1 aromatic carbocycles. The summed E-state index contributed by atoms with van der Waals surface area (Å²) in [4.78, 5) is 8.23.